The Morgan fingerprint density at radius 3 is 2.67 bits per heavy atom. The summed E-state index contributed by atoms with van der Waals surface area (Å²) < 4.78 is 36.9. The SMILES string of the molecule is C[C@@]1(Cc2ccc3c(c2)OCO3)NC(=O)N(CC(=O)Nc2ccc(F)c(F)c2)C1=O. The van der Waals surface area contributed by atoms with Crippen molar-refractivity contribution in [2.24, 2.45) is 0 Å². The van der Waals surface area contributed by atoms with Gasteiger partial charge in [-0.2, -0.15) is 0 Å². The number of amides is 4. The third-order valence-corrected chi connectivity index (χ3v) is 4.84. The van der Waals surface area contributed by atoms with E-state index >= 15 is 0 Å². The highest BCUT2D eigenvalue weighted by Gasteiger charge is 2.48. The van der Waals surface area contributed by atoms with Gasteiger partial charge in [-0.3, -0.25) is 14.5 Å². The molecule has 156 valence electrons. The topological polar surface area (TPSA) is 97.0 Å². The van der Waals surface area contributed by atoms with Crippen molar-refractivity contribution in [2.75, 3.05) is 18.7 Å². The molecule has 0 aliphatic carbocycles. The van der Waals surface area contributed by atoms with Crippen LogP contribution in [0.5, 0.6) is 11.5 Å². The Bertz CT molecular complexity index is 1060. The lowest BCUT2D eigenvalue weighted by Crippen LogP contribution is -2.46. The molecule has 1 atom stereocenters. The van der Waals surface area contributed by atoms with Crippen molar-refractivity contribution >= 4 is 23.5 Å². The van der Waals surface area contributed by atoms with Gasteiger partial charge in [0.1, 0.15) is 12.1 Å². The van der Waals surface area contributed by atoms with Gasteiger partial charge in [-0.15, -0.1) is 0 Å². The van der Waals surface area contributed by atoms with Crippen LogP contribution in [0, 0.1) is 11.6 Å². The standard InChI is InChI=1S/C20H17F2N3O5/c1-20(8-11-2-5-15-16(6-11)30-10-29-15)18(27)25(19(28)24-20)9-17(26)23-12-3-4-13(21)14(22)7-12/h2-7H,8-10H2,1H3,(H,23,26)(H,24,28)/t20-/m0/s1. The van der Waals surface area contributed by atoms with E-state index in [-0.39, 0.29) is 18.9 Å². The number of benzene rings is 2. The summed E-state index contributed by atoms with van der Waals surface area (Å²) in [5.41, 5.74) is -0.509. The monoisotopic (exact) mass is 417 g/mol. The first-order valence-electron chi connectivity index (χ1n) is 9.03. The number of nitrogens with one attached hydrogen (secondary N) is 2. The van der Waals surface area contributed by atoms with Crippen molar-refractivity contribution in [1.82, 2.24) is 10.2 Å². The Balaban J connectivity index is 1.43. The molecule has 4 amide bonds. The van der Waals surface area contributed by atoms with E-state index < -0.39 is 41.6 Å². The Labute approximate surface area is 169 Å². The van der Waals surface area contributed by atoms with E-state index in [0.29, 0.717) is 11.5 Å². The first-order chi connectivity index (χ1) is 14.2. The number of ether oxygens (including phenoxy) is 2. The van der Waals surface area contributed by atoms with Gasteiger partial charge in [0.05, 0.1) is 0 Å². The van der Waals surface area contributed by atoms with Crippen LogP contribution in [0.2, 0.25) is 0 Å². The molecule has 2 heterocycles. The highest BCUT2D eigenvalue weighted by molar-refractivity contribution is 6.10. The van der Waals surface area contributed by atoms with E-state index in [0.717, 1.165) is 22.6 Å². The third kappa shape index (κ3) is 3.63. The lowest BCUT2D eigenvalue weighted by molar-refractivity contribution is -0.133. The van der Waals surface area contributed by atoms with Crippen molar-refractivity contribution in [3.05, 3.63) is 53.6 Å². The van der Waals surface area contributed by atoms with Crippen LogP contribution in [-0.2, 0) is 16.0 Å². The summed E-state index contributed by atoms with van der Waals surface area (Å²) in [6.45, 7) is 1.11. The van der Waals surface area contributed by atoms with E-state index in [1.54, 1.807) is 25.1 Å². The van der Waals surface area contributed by atoms with Gasteiger partial charge in [0.25, 0.3) is 5.91 Å². The lowest BCUT2D eigenvalue weighted by Gasteiger charge is -2.22. The zero-order valence-corrected chi connectivity index (χ0v) is 15.8. The summed E-state index contributed by atoms with van der Waals surface area (Å²) in [5.74, 6) is -2.33. The minimum atomic E-state index is -1.26. The summed E-state index contributed by atoms with van der Waals surface area (Å²) in [4.78, 5) is 38.2. The molecule has 0 bridgehead atoms. The van der Waals surface area contributed by atoms with Gasteiger partial charge in [-0.05, 0) is 36.8 Å². The minimum absolute atomic E-state index is 0.00840. The summed E-state index contributed by atoms with van der Waals surface area (Å²) in [6.07, 6.45) is 0.176. The smallest absolute Gasteiger partial charge is 0.325 e. The van der Waals surface area contributed by atoms with Crippen LogP contribution < -0.4 is 20.1 Å². The lowest BCUT2D eigenvalue weighted by atomic mass is 9.92. The number of nitrogens with zero attached hydrogens (tertiary/aromatic N) is 1. The molecular formula is C20H17F2N3O5. The second-order valence-electron chi connectivity index (χ2n) is 7.20. The quantitative estimate of drug-likeness (QED) is 0.727. The van der Waals surface area contributed by atoms with Crippen LogP contribution in [0.3, 0.4) is 0 Å². The highest BCUT2D eigenvalue weighted by atomic mass is 19.2. The minimum Gasteiger partial charge on any atom is -0.454 e. The van der Waals surface area contributed by atoms with Gasteiger partial charge in [-0.1, -0.05) is 6.07 Å². The molecule has 0 radical (unpaired) electrons. The zero-order chi connectivity index (χ0) is 21.5. The van der Waals surface area contributed by atoms with Crippen molar-refractivity contribution in [1.29, 1.82) is 0 Å². The molecule has 2 aliphatic rings. The van der Waals surface area contributed by atoms with Crippen LogP contribution in [0.4, 0.5) is 19.3 Å². The van der Waals surface area contributed by atoms with Gasteiger partial charge >= 0.3 is 6.03 Å². The Morgan fingerprint density at radius 2 is 1.90 bits per heavy atom. The number of fused-ring (bicyclic) bond motifs is 1. The molecule has 2 N–H and O–H groups in total. The molecule has 0 aromatic heterocycles. The zero-order valence-electron chi connectivity index (χ0n) is 15.8. The maximum atomic E-state index is 13.3. The van der Waals surface area contributed by atoms with Gasteiger partial charge < -0.3 is 20.1 Å². The largest absolute Gasteiger partial charge is 0.454 e. The Kier molecular flexibility index (Phi) is 4.76. The fourth-order valence-corrected chi connectivity index (χ4v) is 3.39. The number of imide groups is 1. The second-order valence-corrected chi connectivity index (χ2v) is 7.20. The Hall–Kier alpha value is -3.69. The third-order valence-electron chi connectivity index (χ3n) is 4.84. The van der Waals surface area contributed by atoms with Crippen molar-refractivity contribution < 1.29 is 32.6 Å². The number of carbonyl (C=O) groups is 3. The summed E-state index contributed by atoms with van der Waals surface area (Å²) in [6, 6.07) is 7.33. The van der Waals surface area contributed by atoms with Crippen molar-refractivity contribution in [3.63, 3.8) is 0 Å². The summed E-state index contributed by atoms with van der Waals surface area (Å²) in [5, 5.41) is 4.94. The fourth-order valence-electron chi connectivity index (χ4n) is 3.39. The molecule has 1 saturated heterocycles. The molecule has 2 aliphatic heterocycles. The molecule has 4 rings (SSSR count). The predicted octanol–water partition coefficient (Wildman–Crippen LogP) is 2.19. The fraction of sp³-hybridized carbons (Fsp3) is 0.250. The van der Waals surface area contributed by atoms with Gasteiger partial charge in [0.2, 0.25) is 12.7 Å². The average molecular weight is 417 g/mol. The molecule has 2 aromatic carbocycles. The van der Waals surface area contributed by atoms with Crippen LogP contribution >= 0.6 is 0 Å². The van der Waals surface area contributed by atoms with E-state index in [9.17, 15) is 23.2 Å². The van der Waals surface area contributed by atoms with Crippen LogP contribution in [0.15, 0.2) is 36.4 Å². The van der Waals surface area contributed by atoms with Gasteiger partial charge in [0, 0.05) is 18.2 Å². The number of urea groups is 1. The number of rotatable bonds is 5. The van der Waals surface area contributed by atoms with E-state index in [4.69, 9.17) is 9.47 Å². The maximum Gasteiger partial charge on any atom is 0.325 e. The Morgan fingerprint density at radius 1 is 1.13 bits per heavy atom. The van der Waals surface area contributed by atoms with Crippen molar-refractivity contribution in [3.8, 4) is 11.5 Å². The number of hydrogen-bond acceptors (Lipinski definition) is 5. The van der Waals surface area contributed by atoms with Crippen LogP contribution in [0.1, 0.15) is 12.5 Å². The molecule has 1 fully saturated rings. The molecule has 30 heavy (non-hydrogen) atoms. The molecule has 2 aromatic rings. The second kappa shape index (κ2) is 7.29. The molecule has 0 unspecified atom stereocenters. The van der Waals surface area contributed by atoms with Crippen LogP contribution in [-0.4, -0.2) is 41.6 Å². The first kappa shape index (κ1) is 19.6. The number of carbonyl (C=O) groups excluding carboxylic acids is 3. The highest BCUT2D eigenvalue weighted by Crippen LogP contribution is 2.34. The maximum absolute atomic E-state index is 13.3. The van der Waals surface area contributed by atoms with Gasteiger partial charge in [-0.25, -0.2) is 13.6 Å². The molecular weight excluding hydrogens is 400 g/mol. The molecule has 10 heteroatoms. The van der Waals surface area contributed by atoms with Crippen molar-refractivity contribution in [2.45, 2.75) is 18.9 Å². The summed E-state index contributed by atoms with van der Waals surface area (Å²) in [7, 11) is 0. The van der Waals surface area contributed by atoms with Crippen LogP contribution in [0.25, 0.3) is 0 Å². The number of anilines is 1. The van der Waals surface area contributed by atoms with Gasteiger partial charge in [0.15, 0.2) is 23.1 Å². The normalized spacial score (nSPS) is 19.8. The molecule has 8 nitrogen and oxygen atoms in total. The van der Waals surface area contributed by atoms with E-state index in [1.807, 2.05) is 0 Å². The first-order valence-corrected chi connectivity index (χ1v) is 9.03. The average Bonchev–Trinajstić information content (AvgIpc) is 3.23. The van der Waals surface area contributed by atoms with E-state index in [2.05, 4.69) is 10.6 Å². The van der Waals surface area contributed by atoms with E-state index in [1.165, 1.54) is 6.07 Å². The summed E-state index contributed by atoms with van der Waals surface area (Å²) >= 11 is 0. The molecule has 0 saturated carbocycles. The molecule has 0 spiro atoms. The number of hydrogen-bond donors (Lipinski definition) is 2. The number of halogens is 2. The predicted molar refractivity (Wildman–Crippen MR) is 99.9 cm³/mol.